The number of hydrogen-bond acceptors (Lipinski definition) is 2. The number of nitrogens with two attached hydrogens (primary N) is 1. The summed E-state index contributed by atoms with van der Waals surface area (Å²) in [6.07, 6.45) is 0. The highest BCUT2D eigenvalue weighted by Crippen LogP contribution is 2.34. The van der Waals surface area contributed by atoms with Crippen LogP contribution in [0.25, 0.3) is 0 Å². The molecule has 2 aromatic carbocycles. The molecule has 2 nitrogen and oxygen atoms in total. The molecule has 0 amide bonds. The number of rotatable bonds is 2. The van der Waals surface area contributed by atoms with Crippen LogP contribution in [0.4, 0.5) is 5.69 Å². The molecule has 2 rings (SSSR count). The van der Waals surface area contributed by atoms with Gasteiger partial charge in [-0.15, -0.1) is 0 Å². The standard InChI is InChI=1S/C12H10ClNO/c13-10-7-4-8-11(14)12(10)15-9-5-2-1-3-6-9/h1-8H,14H2. The quantitative estimate of drug-likeness (QED) is 0.782. The van der Waals surface area contributed by atoms with Gasteiger partial charge in [-0.05, 0) is 24.3 Å². The third kappa shape index (κ3) is 2.22. The molecule has 0 aromatic heterocycles. The molecule has 0 fully saturated rings. The van der Waals surface area contributed by atoms with Gasteiger partial charge in [-0.3, -0.25) is 0 Å². The Morgan fingerprint density at radius 3 is 2.33 bits per heavy atom. The van der Waals surface area contributed by atoms with Gasteiger partial charge < -0.3 is 10.5 Å². The lowest BCUT2D eigenvalue weighted by Gasteiger charge is -2.09. The molecule has 0 radical (unpaired) electrons. The van der Waals surface area contributed by atoms with E-state index < -0.39 is 0 Å². The van der Waals surface area contributed by atoms with E-state index >= 15 is 0 Å². The maximum absolute atomic E-state index is 5.97. The van der Waals surface area contributed by atoms with Gasteiger partial charge in [0.05, 0.1) is 10.7 Å². The minimum atomic E-state index is 0.505. The van der Waals surface area contributed by atoms with Crippen LogP contribution in [0.2, 0.25) is 5.02 Å². The second-order valence-electron chi connectivity index (χ2n) is 3.07. The fourth-order valence-electron chi connectivity index (χ4n) is 1.24. The Balaban J connectivity index is 2.32. The zero-order chi connectivity index (χ0) is 10.7. The highest BCUT2D eigenvalue weighted by atomic mass is 35.5. The Hall–Kier alpha value is -1.67. The van der Waals surface area contributed by atoms with Crippen LogP contribution in [-0.4, -0.2) is 0 Å². The van der Waals surface area contributed by atoms with Crippen molar-refractivity contribution in [2.75, 3.05) is 5.73 Å². The average Bonchev–Trinajstić information content (AvgIpc) is 2.25. The normalized spacial score (nSPS) is 9.93. The van der Waals surface area contributed by atoms with Crippen LogP contribution >= 0.6 is 11.6 Å². The summed E-state index contributed by atoms with van der Waals surface area (Å²) in [7, 11) is 0. The Labute approximate surface area is 93.2 Å². The number of anilines is 1. The van der Waals surface area contributed by atoms with Crippen molar-refractivity contribution in [3.63, 3.8) is 0 Å². The minimum absolute atomic E-state index is 0.505. The van der Waals surface area contributed by atoms with Crippen LogP contribution in [0.1, 0.15) is 0 Å². The van der Waals surface area contributed by atoms with Gasteiger partial charge in [0.2, 0.25) is 0 Å². The van der Waals surface area contributed by atoms with Gasteiger partial charge in [-0.2, -0.15) is 0 Å². The largest absolute Gasteiger partial charge is 0.454 e. The van der Waals surface area contributed by atoms with Crippen molar-refractivity contribution >= 4 is 17.3 Å². The van der Waals surface area contributed by atoms with Gasteiger partial charge in [0.1, 0.15) is 5.75 Å². The fourth-order valence-corrected chi connectivity index (χ4v) is 1.46. The topological polar surface area (TPSA) is 35.2 Å². The maximum atomic E-state index is 5.97. The molecule has 3 heteroatoms. The smallest absolute Gasteiger partial charge is 0.168 e. The lowest BCUT2D eigenvalue weighted by atomic mass is 10.3. The van der Waals surface area contributed by atoms with Gasteiger partial charge in [-0.1, -0.05) is 35.9 Å². The molecule has 0 aliphatic carbocycles. The van der Waals surface area contributed by atoms with Gasteiger partial charge in [-0.25, -0.2) is 0 Å². The first kappa shape index (κ1) is 9.87. The lowest BCUT2D eigenvalue weighted by Crippen LogP contribution is -1.92. The number of para-hydroxylation sites is 2. The van der Waals surface area contributed by atoms with Crippen LogP contribution in [0.15, 0.2) is 48.5 Å². The van der Waals surface area contributed by atoms with Crippen molar-refractivity contribution in [2.45, 2.75) is 0 Å². The first-order valence-corrected chi connectivity index (χ1v) is 4.92. The van der Waals surface area contributed by atoms with E-state index in [2.05, 4.69) is 0 Å². The van der Waals surface area contributed by atoms with E-state index in [-0.39, 0.29) is 0 Å². The molecule has 76 valence electrons. The van der Waals surface area contributed by atoms with E-state index in [1.54, 1.807) is 18.2 Å². The molecule has 0 bridgehead atoms. The fraction of sp³-hybridized carbons (Fsp3) is 0. The number of nitrogen functional groups attached to an aromatic ring is 1. The number of hydrogen-bond donors (Lipinski definition) is 1. The number of ether oxygens (including phenoxy) is 1. The van der Waals surface area contributed by atoms with E-state index in [9.17, 15) is 0 Å². The second-order valence-corrected chi connectivity index (χ2v) is 3.48. The molecule has 0 unspecified atom stereocenters. The molecule has 0 aliphatic rings. The average molecular weight is 220 g/mol. The third-order valence-electron chi connectivity index (χ3n) is 1.96. The van der Waals surface area contributed by atoms with Gasteiger partial charge in [0.15, 0.2) is 5.75 Å². The third-order valence-corrected chi connectivity index (χ3v) is 2.26. The Morgan fingerprint density at radius 2 is 1.67 bits per heavy atom. The summed E-state index contributed by atoms with van der Waals surface area (Å²) < 4.78 is 5.58. The zero-order valence-electron chi connectivity index (χ0n) is 7.98. The summed E-state index contributed by atoms with van der Waals surface area (Å²) in [5.74, 6) is 1.22. The van der Waals surface area contributed by atoms with Crippen molar-refractivity contribution < 1.29 is 4.74 Å². The monoisotopic (exact) mass is 219 g/mol. The lowest BCUT2D eigenvalue weighted by molar-refractivity contribution is 0.485. The van der Waals surface area contributed by atoms with E-state index in [1.165, 1.54) is 0 Å². The van der Waals surface area contributed by atoms with Gasteiger partial charge in [0, 0.05) is 0 Å². The predicted octanol–water partition coefficient (Wildman–Crippen LogP) is 3.71. The predicted molar refractivity (Wildman–Crippen MR) is 62.4 cm³/mol. The summed E-state index contributed by atoms with van der Waals surface area (Å²) in [6, 6.07) is 14.7. The van der Waals surface area contributed by atoms with Crippen molar-refractivity contribution in [2.24, 2.45) is 0 Å². The van der Waals surface area contributed by atoms with E-state index in [1.807, 2.05) is 30.3 Å². The molecular weight excluding hydrogens is 210 g/mol. The number of halogens is 1. The Kier molecular flexibility index (Phi) is 2.79. The van der Waals surface area contributed by atoms with Crippen LogP contribution in [0, 0.1) is 0 Å². The van der Waals surface area contributed by atoms with Crippen LogP contribution < -0.4 is 10.5 Å². The molecule has 0 saturated carbocycles. The molecule has 0 spiro atoms. The molecule has 2 aromatic rings. The minimum Gasteiger partial charge on any atom is -0.454 e. The van der Waals surface area contributed by atoms with Gasteiger partial charge in [0.25, 0.3) is 0 Å². The summed E-state index contributed by atoms with van der Waals surface area (Å²) in [5.41, 5.74) is 6.29. The zero-order valence-corrected chi connectivity index (χ0v) is 8.74. The van der Waals surface area contributed by atoms with Crippen molar-refractivity contribution in [1.82, 2.24) is 0 Å². The van der Waals surface area contributed by atoms with E-state index in [4.69, 9.17) is 22.1 Å². The van der Waals surface area contributed by atoms with E-state index in [0.717, 1.165) is 5.75 Å². The summed E-state index contributed by atoms with van der Waals surface area (Å²) >= 11 is 5.97. The molecule has 0 atom stereocenters. The first-order valence-electron chi connectivity index (χ1n) is 4.54. The van der Waals surface area contributed by atoms with Crippen molar-refractivity contribution in [1.29, 1.82) is 0 Å². The molecular formula is C12H10ClNO. The molecule has 0 aliphatic heterocycles. The van der Waals surface area contributed by atoms with Crippen molar-refractivity contribution in [3.8, 4) is 11.5 Å². The van der Waals surface area contributed by atoms with Crippen LogP contribution in [-0.2, 0) is 0 Å². The molecule has 0 saturated heterocycles. The molecule has 2 N–H and O–H groups in total. The number of benzene rings is 2. The second kappa shape index (κ2) is 4.24. The van der Waals surface area contributed by atoms with Crippen LogP contribution in [0.3, 0.4) is 0 Å². The van der Waals surface area contributed by atoms with E-state index in [0.29, 0.717) is 16.5 Å². The summed E-state index contributed by atoms with van der Waals surface area (Å²) in [4.78, 5) is 0. The van der Waals surface area contributed by atoms with Crippen LogP contribution in [0.5, 0.6) is 11.5 Å². The van der Waals surface area contributed by atoms with Gasteiger partial charge >= 0.3 is 0 Å². The summed E-state index contributed by atoms with van der Waals surface area (Å²) in [5, 5.41) is 0.513. The Morgan fingerprint density at radius 1 is 0.933 bits per heavy atom. The SMILES string of the molecule is Nc1cccc(Cl)c1Oc1ccccc1. The Bertz CT molecular complexity index is 436. The summed E-state index contributed by atoms with van der Waals surface area (Å²) in [6.45, 7) is 0. The highest BCUT2D eigenvalue weighted by Gasteiger charge is 2.06. The first-order chi connectivity index (χ1) is 7.27. The molecule has 0 heterocycles. The van der Waals surface area contributed by atoms with Crippen molar-refractivity contribution in [3.05, 3.63) is 53.6 Å². The maximum Gasteiger partial charge on any atom is 0.168 e. The highest BCUT2D eigenvalue weighted by molar-refractivity contribution is 6.32. The molecule has 15 heavy (non-hydrogen) atoms.